The van der Waals surface area contributed by atoms with Crippen molar-refractivity contribution >= 4 is 11.9 Å². The SMILES string of the molecule is O=C1NC(c2ccccc2)(c2ccccc2)C(=O)N1CC(O)CN1CCOCC1. The number of morpholine rings is 1. The van der Waals surface area contributed by atoms with Crippen LogP contribution in [0.1, 0.15) is 11.1 Å². The quantitative estimate of drug-likeness (QED) is 0.718. The highest BCUT2D eigenvalue weighted by Crippen LogP contribution is 2.36. The van der Waals surface area contributed by atoms with Crippen LogP contribution in [0.4, 0.5) is 4.79 Å². The van der Waals surface area contributed by atoms with Crippen LogP contribution in [0.25, 0.3) is 0 Å². The van der Waals surface area contributed by atoms with Crippen LogP contribution in [-0.2, 0) is 15.1 Å². The number of carbonyl (C=O) groups is 2. The van der Waals surface area contributed by atoms with Crippen LogP contribution >= 0.6 is 0 Å². The fourth-order valence-electron chi connectivity index (χ4n) is 4.03. The van der Waals surface area contributed by atoms with Crippen LogP contribution in [0.3, 0.4) is 0 Å². The lowest BCUT2D eigenvalue weighted by Crippen LogP contribution is -2.47. The Morgan fingerprint density at radius 2 is 1.48 bits per heavy atom. The van der Waals surface area contributed by atoms with Crippen molar-refractivity contribution in [3.63, 3.8) is 0 Å². The Bertz CT molecular complexity index is 813. The number of amides is 3. The molecule has 2 heterocycles. The Kier molecular flexibility index (Phi) is 5.62. The fraction of sp³-hybridized carbons (Fsp3) is 0.364. The van der Waals surface area contributed by atoms with E-state index in [1.54, 1.807) is 0 Å². The molecule has 0 spiro atoms. The number of hydrogen-bond acceptors (Lipinski definition) is 5. The summed E-state index contributed by atoms with van der Waals surface area (Å²) in [6.45, 7) is 3.06. The van der Waals surface area contributed by atoms with Gasteiger partial charge in [0.05, 0.1) is 25.9 Å². The lowest BCUT2D eigenvalue weighted by molar-refractivity contribution is -0.131. The van der Waals surface area contributed by atoms with E-state index in [4.69, 9.17) is 4.74 Å². The minimum absolute atomic E-state index is 0.0521. The van der Waals surface area contributed by atoms with E-state index >= 15 is 0 Å². The Hall–Kier alpha value is -2.74. The van der Waals surface area contributed by atoms with E-state index in [0.717, 1.165) is 18.0 Å². The molecule has 152 valence electrons. The van der Waals surface area contributed by atoms with Crippen LogP contribution in [0, 0.1) is 0 Å². The molecule has 7 nitrogen and oxygen atoms in total. The highest BCUT2D eigenvalue weighted by atomic mass is 16.5. The van der Waals surface area contributed by atoms with Crippen molar-refractivity contribution in [1.29, 1.82) is 0 Å². The van der Waals surface area contributed by atoms with Gasteiger partial charge in [0.25, 0.3) is 5.91 Å². The third-order valence-electron chi connectivity index (χ3n) is 5.49. The van der Waals surface area contributed by atoms with Crippen LogP contribution in [0.15, 0.2) is 60.7 Å². The van der Waals surface area contributed by atoms with Crippen molar-refractivity contribution in [3.8, 4) is 0 Å². The van der Waals surface area contributed by atoms with Gasteiger partial charge in [-0.3, -0.25) is 14.6 Å². The molecule has 2 aromatic rings. The smallest absolute Gasteiger partial charge is 0.325 e. The Balaban J connectivity index is 1.60. The molecule has 1 atom stereocenters. The maximum Gasteiger partial charge on any atom is 0.325 e. The zero-order valence-electron chi connectivity index (χ0n) is 16.2. The second-order valence-electron chi connectivity index (χ2n) is 7.39. The number of nitrogens with one attached hydrogen (secondary N) is 1. The summed E-state index contributed by atoms with van der Waals surface area (Å²) in [5.41, 5.74) is 0.0857. The normalized spacial score (nSPS) is 20.5. The molecule has 1 unspecified atom stereocenters. The van der Waals surface area contributed by atoms with E-state index in [1.807, 2.05) is 60.7 Å². The monoisotopic (exact) mass is 395 g/mol. The van der Waals surface area contributed by atoms with Crippen LogP contribution < -0.4 is 5.32 Å². The summed E-state index contributed by atoms with van der Waals surface area (Å²) in [4.78, 5) is 29.6. The Morgan fingerprint density at radius 1 is 0.931 bits per heavy atom. The fourth-order valence-corrected chi connectivity index (χ4v) is 4.03. The van der Waals surface area contributed by atoms with Crippen molar-refractivity contribution in [3.05, 3.63) is 71.8 Å². The third kappa shape index (κ3) is 3.76. The topological polar surface area (TPSA) is 82.1 Å². The molecule has 2 N–H and O–H groups in total. The molecule has 29 heavy (non-hydrogen) atoms. The van der Waals surface area contributed by atoms with Crippen molar-refractivity contribution in [2.24, 2.45) is 0 Å². The van der Waals surface area contributed by atoms with Gasteiger partial charge in [0.1, 0.15) is 0 Å². The van der Waals surface area contributed by atoms with E-state index in [0.29, 0.717) is 30.9 Å². The van der Waals surface area contributed by atoms with Gasteiger partial charge in [0.15, 0.2) is 5.54 Å². The largest absolute Gasteiger partial charge is 0.390 e. The molecule has 0 radical (unpaired) electrons. The Labute approximate surface area is 169 Å². The van der Waals surface area contributed by atoms with Crippen LogP contribution in [0.2, 0.25) is 0 Å². The van der Waals surface area contributed by atoms with Gasteiger partial charge < -0.3 is 15.2 Å². The number of rotatable bonds is 6. The van der Waals surface area contributed by atoms with Gasteiger partial charge in [-0.15, -0.1) is 0 Å². The predicted octanol–water partition coefficient (Wildman–Crippen LogP) is 1.18. The van der Waals surface area contributed by atoms with Gasteiger partial charge in [0, 0.05) is 19.6 Å². The standard InChI is InChI=1S/C22H25N3O4/c26-19(15-24-11-13-29-14-12-24)16-25-20(27)22(23-21(25)28,17-7-3-1-4-8-17)18-9-5-2-6-10-18/h1-10,19,26H,11-16H2,(H,23,28). The average molecular weight is 395 g/mol. The molecule has 2 saturated heterocycles. The first-order chi connectivity index (χ1) is 14.1. The lowest BCUT2D eigenvalue weighted by Gasteiger charge is -2.30. The molecule has 3 amide bonds. The van der Waals surface area contributed by atoms with Gasteiger partial charge in [-0.05, 0) is 11.1 Å². The second kappa shape index (κ2) is 8.32. The predicted molar refractivity (Wildman–Crippen MR) is 107 cm³/mol. The van der Waals surface area contributed by atoms with E-state index in [1.165, 1.54) is 0 Å². The minimum atomic E-state index is -1.29. The minimum Gasteiger partial charge on any atom is -0.390 e. The van der Waals surface area contributed by atoms with Gasteiger partial charge in [-0.1, -0.05) is 60.7 Å². The first-order valence-corrected chi connectivity index (χ1v) is 9.84. The first-order valence-electron chi connectivity index (χ1n) is 9.84. The molecular formula is C22H25N3O4. The number of ether oxygens (including phenoxy) is 1. The number of benzene rings is 2. The molecular weight excluding hydrogens is 370 g/mol. The molecule has 2 aromatic carbocycles. The van der Waals surface area contributed by atoms with Crippen molar-refractivity contribution < 1.29 is 19.4 Å². The van der Waals surface area contributed by atoms with E-state index < -0.39 is 17.7 Å². The highest BCUT2D eigenvalue weighted by molar-refractivity contribution is 6.09. The Morgan fingerprint density at radius 3 is 2.03 bits per heavy atom. The number of aliphatic hydroxyl groups excluding tert-OH is 1. The highest BCUT2D eigenvalue weighted by Gasteiger charge is 2.53. The maximum atomic E-state index is 13.6. The van der Waals surface area contributed by atoms with Crippen LogP contribution in [-0.4, -0.2) is 72.3 Å². The lowest BCUT2D eigenvalue weighted by atomic mass is 9.82. The summed E-state index contributed by atoms with van der Waals surface area (Å²) in [7, 11) is 0. The molecule has 2 aliphatic rings. The zero-order chi connectivity index (χ0) is 20.3. The number of β-amino-alcohol motifs (C(OH)–C–C–N with tert-alkyl or cyclic N) is 1. The summed E-state index contributed by atoms with van der Waals surface area (Å²) in [6.07, 6.45) is -0.829. The summed E-state index contributed by atoms with van der Waals surface area (Å²) in [5, 5.41) is 13.5. The van der Waals surface area contributed by atoms with E-state index in [-0.39, 0.29) is 12.5 Å². The van der Waals surface area contributed by atoms with Gasteiger partial charge >= 0.3 is 6.03 Å². The van der Waals surface area contributed by atoms with Crippen molar-refractivity contribution in [2.45, 2.75) is 11.6 Å². The number of nitrogens with zero attached hydrogens (tertiary/aromatic N) is 2. The number of urea groups is 1. The molecule has 7 heteroatoms. The molecule has 0 saturated carbocycles. The van der Waals surface area contributed by atoms with Crippen molar-refractivity contribution in [1.82, 2.24) is 15.1 Å². The third-order valence-corrected chi connectivity index (χ3v) is 5.49. The first kappa shape index (κ1) is 19.6. The molecule has 4 rings (SSSR count). The summed E-state index contributed by atoms with van der Waals surface area (Å²) < 4.78 is 5.32. The number of aliphatic hydroxyl groups is 1. The molecule has 0 aliphatic carbocycles. The number of imide groups is 1. The molecule has 2 fully saturated rings. The average Bonchev–Trinajstić information content (AvgIpc) is 3.01. The molecule has 2 aliphatic heterocycles. The molecule has 0 bridgehead atoms. The van der Waals surface area contributed by atoms with Gasteiger partial charge in [-0.2, -0.15) is 0 Å². The summed E-state index contributed by atoms with van der Waals surface area (Å²) in [5.74, 6) is -0.374. The van der Waals surface area contributed by atoms with E-state index in [2.05, 4.69) is 10.2 Å². The van der Waals surface area contributed by atoms with E-state index in [9.17, 15) is 14.7 Å². The zero-order valence-corrected chi connectivity index (χ0v) is 16.2. The second-order valence-corrected chi connectivity index (χ2v) is 7.39. The summed E-state index contributed by atoms with van der Waals surface area (Å²) in [6, 6.07) is 17.9. The van der Waals surface area contributed by atoms with Crippen LogP contribution in [0.5, 0.6) is 0 Å². The van der Waals surface area contributed by atoms with Gasteiger partial charge in [0.2, 0.25) is 0 Å². The number of carbonyl (C=O) groups excluding carboxylic acids is 2. The maximum absolute atomic E-state index is 13.6. The van der Waals surface area contributed by atoms with Gasteiger partial charge in [-0.25, -0.2) is 4.79 Å². The summed E-state index contributed by atoms with van der Waals surface area (Å²) >= 11 is 0. The molecule has 0 aromatic heterocycles. The number of hydrogen-bond donors (Lipinski definition) is 2. The van der Waals surface area contributed by atoms with Crippen molar-refractivity contribution in [2.75, 3.05) is 39.4 Å².